The van der Waals surface area contributed by atoms with Crippen LogP contribution in [0.5, 0.6) is 0 Å². The summed E-state index contributed by atoms with van der Waals surface area (Å²) < 4.78 is 23.7. The number of nitrogens with one attached hydrogen (secondary N) is 1. The van der Waals surface area contributed by atoms with Gasteiger partial charge in [-0.15, -0.1) is 0 Å². The van der Waals surface area contributed by atoms with Gasteiger partial charge in [-0.3, -0.25) is 0 Å². The Morgan fingerprint density at radius 1 is 1.56 bits per heavy atom. The molecule has 1 aromatic heterocycles. The zero-order chi connectivity index (χ0) is 13.2. The van der Waals surface area contributed by atoms with E-state index in [1.165, 1.54) is 6.26 Å². The summed E-state index contributed by atoms with van der Waals surface area (Å²) in [5.74, 6) is 2.32. The summed E-state index contributed by atoms with van der Waals surface area (Å²) in [6.07, 6.45) is 3.00. The summed E-state index contributed by atoms with van der Waals surface area (Å²) in [7, 11) is -1.28. The molecule has 1 aliphatic heterocycles. The molecule has 0 radical (unpaired) electrons. The number of hydrogen-bond acceptors (Lipinski definition) is 6. The number of sulfone groups is 1. The molecule has 1 atom stereocenters. The van der Waals surface area contributed by atoms with Crippen LogP contribution in [0.3, 0.4) is 0 Å². The first-order chi connectivity index (χ1) is 8.52. The molecule has 0 amide bonds. The van der Waals surface area contributed by atoms with E-state index in [1.54, 1.807) is 25.0 Å². The third-order valence-electron chi connectivity index (χ3n) is 2.91. The maximum Gasteiger partial charge on any atom is 0.169 e. The van der Waals surface area contributed by atoms with E-state index < -0.39 is 15.2 Å². The lowest BCUT2D eigenvalue weighted by atomic mass is 10.3. The topological polar surface area (TPSA) is 62.3 Å². The van der Waals surface area contributed by atoms with E-state index in [-0.39, 0.29) is 0 Å². The van der Waals surface area contributed by atoms with Gasteiger partial charge in [-0.1, -0.05) is 0 Å². The van der Waals surface area contributed by atoms with E-state index in [4.69, 9.17) is 0 Å². The minimum Gasteiger partial charge on any atom is -0.373 e. The van der Waals surface area contributed by atoms with Gasteiger partial charge < -0.3 is 10.2 Å². The summed E-state index contributed by atoms with van der Waals surface area (Å²) in [5, 5.41) is 2.53. The fourth-order valence-corrected chi connectivity index (χ4v) is 4.81. The largest absolute Gasteiger partial charge is 0.373 e. The number of rotatable bonds is 3. The fourth-order valence-electron chi connectivity index (χ4n) is 1.97. The lowest BCUT2D eigenvalue weighted by Gasteiger charge is -2.35. The molecule has 1 N–H and O–H groups in total. The van der Waals surface area contributed by atoms with Crippen molar-refractivity contribution in [1.29, 1.82) is 0 Å². The molecule has 0 spiro atoms. The van der Waals surface area contributed by atoms with E-state index in [0.717, 1.165) is 23.8 Å². The Bertz CT molecular complexity index is 519. The van der Waals surface area contributed by atoms with Gasteiger partial charge in [-0.05, 0) is 6.07 Å². The number of pyridine rings is 1. The lowest BCUT2D eigenvalue weighted by Crippen LogP contribution is -2.47. The molecule has 0 bridgehead atoms. The van der Waals surface area contributed by atoms with Crippen LogP contribution < -0.4 is 10.2 Å². The smallest absolute Gasteiger partial charge is 0.169 e. The third kappa shape index (κ3) is 2.89. The molecule has 18 heavy (non-hydrogen) atoms. The van der Waals surface area contributed by atoms with Crippen molar-refractivity contribution in [3.8, 4) is 0 Å². The first kappa shape index (κ1) is 13.5. The second-order valence-electron chi connectivity index (χ2n) is 4.20. The number of anilines is 2. The zero-order valence-corrected chi connectivity index (χ0v) is 12.1. The predicted octanol–water partition coefficient (Wildman–Crippen LogP) is 1.05. The van der Waals surface area contributed by atoms with E-state index in [9.17, 15) is 8.42 Å². The Morgan fingerprint density at radius 2 is 2.33 bits per heavy atom. The zero-order valence-electron chi connectivity index (χ0n) is 10.5. The second kappa shape index (κ2) is 5.36. The van der Waals surface area contributed by atoms with E-state index in [0.29, 0.717) is 5.75 Å². The number of nitrogens with zero attached hydrogens (tertiary/aromatic N) is 2. The highest BCUT2D eigenvalue weighted by Gasteiger charge is 2.31. The summed E-state index contributed by atoms with van der Waals surface area (Å²) in [4.78, 5) is 6.10. The molecule has 1 aromatic rings. The standard InChI is InChI=1S/C11H17N3O2S2/c1-12-10-7-9(3-4-13-10)14-5-6-17-8-11(14)18(2,15)16/h3-4,7,11H,5-6,8H2,1-2H3,(H,12,13). The van der Waals surface area contributed by atoms with E-state index in [1.807, 2.05) is 17.0 Å². The van der Waals surface area contributed by atoms with Crippen molar-refractivity contribution >= 4 is 33.1 Å². The van der Waals surface area contributed by atoms with Gasteiger partial charge >= 0.3 is 0 Å². The Labute approximate surface area is 112 Å². The summed E-state index contributed by atoms with van der Waals surface area (Å²) >= 11 is 1.69. The Hall–Kier alpha value is -0.950. The van der Waals surface area contributed by atoms with E-state index in [2.05, 4.69) is 10.3 Å². The van der Waals surface area contributed by atoms with Crippen molar-refractivity contribution in [2.75, 3.05) is 41.6 Å². The average Bonchev–Trinajstić information content (AvgIpc) is 2.38. The summed E-state index contributed by atoms with van der Waals surface area (Å²) in [5.41, 5.74) is 0.907. The molecule has 100 valence electrons. The van der Waals surface area contributed by atoms with Gasteiger partial charge in [-0.2, -0.15) is 11.8 Å². The quantitative estimate of drug-likeness (QED) is 0.896. The van der Waals surface area contributed by atoms with Gasteiger partial charge in [-0.25, -0.2) is 13.4 Å². The van der Waals surface area contributed by atoms with Gasteiger partial charge in [0.15, 0.2) is 9.84 Å². The van der Waals surface area contributed by atoms with Crippen molar-refractivity contribution in [2.24, 2.45) is 0 Å². The Balaban J connectivity index is 2.33. The molecule has 2 heterocycles. The molecule has 0 aliphatic carbocycles. The highest BCUT2D eigenvalue weighted by molar-refractivity contribution is 8.01. The molecule has 1 aliphatic rings. The fraction of sp³-hybridized carbons (Fsp3) is 0.545. The van der Waals surface area contributed by atoms with Gasteiger partial charge in [0.2, 0.25) is 0 Å². The molecule has 1 saturated heterocycles. The lowest BCUT2D eigenvalue weighted by molar-refractivity contribution is 0.584. The molecule has 5 nitrogen and oxygen atoms in total. The molecule has 0 saturated carbocycles. The summed E-state index contributed by atoms with van der Waals surface area (Å²) in [6, 6.07) is 3.74. The second-order valence-corrected chi connectivity index (χ2v) is 7.55. The normalized spacial score (nSPS) is 20.8. The first-order valence-corrected chi connectivity index (χ1v) is 8.80. The van der Waals surface area contributed by atoms with Gasteiger partial charge in [0.05, 0.1) is 0 Å². The van der Waals surface area contributed by atoms with Crippen LogP contribution in [-0.4, -0.2) is 50.1 Å². The molecular formula is C11H17N3O2S2. The number of hydrogen-bond donors (Lipinski definition) is 1. The van der Waals surface area contributed by atoms with Crippen molar-refractivity contribution in [3.63, 3.8) is 0 Å². The molecule has 1 unspecified atom stereocenters. The molecular weight excluding hydrogens is 270 g/mol. The van der Waals surface area contributed by atoms with Crippen molar-refractivity contribution in [2.45, 2.75) is 5.37 Å². The average molecular weight is 287 g/mol. The monoisotopic (exact) mass is 287 g/mol. The third-order valence-corrected chi connectivity index (χ3v) is 5.55. The molecule has 2 rings (SSSR count). The van der Waals surface area contributed by atoms with Crippen LogP contribution in [0.25, 0.3) is 0 Å². The maximum absolute atomic E-state index is 11.8. The van der Waals surface area contributed by atoms with Gasteiger partial charge in [0, 0.05) is 49.3 Å². The van der Waals surface area contributed by atoms with Crippen molar-refractivity contribution in [3.05, 3.63) is 18.3 Å². The number of aromatic nitrogens is 1. The highest BCUT2D eigenvalue weighted by atomic mass is 32.2. The Morgan fingerprint density at radius 3 is 3.00 bits per heavy atom. The SMILES string of the molecule is CNc1cc(N2CCSCC2S(C)(=O)=O)ccn1. The summed E-state index contributed by atoms with van der Waals surface area (Å²) in [6.45, 7) is 0.746. The van der Waals surface area contributed by atoms with Crippen LogP contribution in [0, 0.1) is 0 Å². The highest BCUT2D eigenvalue weighted by Crippen LogP contribution is 2.27. The molecule has 0 aromatic carbocycles. The minimum absolute atomic E-state index is 0.441. The van der Waals surface area contributed by atoms with E-state index >= 15 is 0 Å². The van der Waals surface area contributed by atoms with Crippen LogP contribution in [0.15, 0.2) is 18.3 Å². The van der Waals surface area contributed by atoms with Crippen LogP contribution in [0.1, 0.15) is 0 Å². The van der Waals surface area contributed by atoms with Gasteiger partial charge in [0.1, 0.15) is 11.2 Å². The van der Waals surface area contributed by atoms with Crippen molar-refractivity contribution in [1.82, 2.24) is 4.98 Å². The van der Waals surface area contributed by atoms with Crippen molar-refractivity contribution < 1.29 is 8.42 Å². The van der Waals surface area contributed by atoms with Gasteiger partial charge in [0.25, 0.3) is 0 Å². The van der Waals surface area contributed by atoms with Crippen LogP contribution in [-0.2, 0) is 9.84 Å². The number of thioether (sulfide) groups is 1. The Kier molecular flexibility index (Phi) is 4.01. The predicted molar refractivity (Wildman–Crippen MR) is 77.1 cm³/mol. The molecule has 7 heteroatoms. The minimum atomic E-state index is -3.08. The van der Waals surface area contributed by atoms with Crippen LogP contribution in [0.4, 0.5) is 11.5 Å². The first-order valence-electron chi connectivity index (χ1n) is 5.69. The maximum atomic E-state index is 11.8. The van der Waals surface area contributed by atoms with Crippen LogP contribution >= 0.6 is 11.8 Å². The molecule has 1 fully saturated rings. The van der Waals surface area contributed by atoms with Crippen LogP contribution in [0.2, 0.25) is 0 Å².